The molecule has 25 nitrogen and oxygen atoms in total. The summed E-state index contributed by atoms with van der Waals surface area (Å²) in [5.74, 6) is -3.10. The third kappa shape index (κ3) is 9.53. The fourth-order valence-electron chi connectivity index (χ4n) is 8.73. The summed E-state index contributed by atoms with van der Waals surface area (Å²) >= 11 is 0. The van der Waals surface area contributed by atoms with Crippen LogP contribution in [0.2, 0.25) is 0 Å². The maximum absolute atomic E-state index is 13.9. The minimum absolute atomic E-state index is 0.00372. The van der Waals surface area contributed by atoms with Gasteiger partial charge in [0.2, 0.25) is 18.9 Å². The molecule has 3 aliphatic heterocycles. The molecule has 6 aromatic rings. The van der Waals surface area contributed by atoms with E-state index >= 15 is 0 Å². The first-order valence-electron chi connectivity index (χ1n) is 22.3. The average Bonchev–Trinajstić information content (AvgIpc) is 3.36. The summed E-state index contributed by atoms with van der Waals surface area (Å²) in [6.07, 6.45) is -25.2. The van der Waals surface area contributed by atoms with E-state index in [0.29, 0.717) is 0 Å². The monoisotopic (exact) mass is 1020 g/mol. The van der Waals surface area contributed by atoms with Gasteiger partial charge in [0.25, 0.3) is 0 Å². The summed E-state index contributed by atoms with van der Waals surface area (Å²) in [6, 6.07) is 14.2. The molecule has 0 bridgehead atoms. The SMILES string of the molecule is O=c1cc(-c2ccc(OC3OC(CO)C(O)C(O)C3O)c(-c3c(O)cc(O)c4c(=O)cc(-c5ccc(OC6OC(CO)C(O)C(O)C6O)cc5)oc34)c2)oc2cc(OC3OC(CO)C(O)C(O)C3O)cc(O)c12. The van der Waals surface area contributed by atoms with E-state index in [1.54, 1.807) is 0 Å². The lowest BCUT2D eigenvalue weighted by Crippen LogP contribution is -2.60. The van der Waals surface area contributed by atoms with E-state index in [0.717, 1.165) is 30.3 Å². The summed E-state index contributed by atoms with van der Waals surface area (Å²) < 4.78 is 46.2. The van der Waals surface area contributed by atoms with Gasteiger partial charge in [0, 0.05) is 47.0 Å². The molecular weight excluding hydrogens is 977 g/mol. The number of aromatic hydroxyl groups is 3. The molecule has 15 atom stereocenters. The highest BCUT2D eigenvalue weighted by molar-refractivity contribution is 6.01. The van der Waals surface area contributed by atoms with Crippen LogP contribution in [0.25, 0.3) is 55.7 Å². The van der Waals surface area contributed by atoms with E-state index in [4.69, 9.17) is 37.3 Å². The molecule has 4 aromatic carbocycles. The number of aliphatic hydroxyl groups excluding tert-OH is 12. The number of fused-ring (bicyclic) bond motifs is 2. The smallest absolute Gasteiger partial charge is 0.229 e. The third-order valence-electron chi connectivity index (χ3n) is 12.7. The van der Waals surface area contributed by atoms with E-state index < -0.39 is 151 Å². The van der Waals surface area contributed by atoms with Crippen molar-refractivity contribution in [1.82, 2.24) is 0 Å². The Kier molecular flexibility index (Phi) is 14.4. The van der Waals surface area contributed by atoms with Crippen molar-refractivity contribution >= 4 is 21.9 Å². The summed E-state index contributed by atoms with van der Waals surface area (Å²) in [5, 5.41) is 156. The first-order valence-corrected chi connectivity index (χ1v) is 22.3. The largest absolute Gasteiger partial charge is 0.507 e. The van der Waals surface area contributed by atoms with Crippen LogP contribution in [0.3, 0.4) is 0 Å². The van der Waals surface area contributed by atoms with Crippen LogP contribution in [0.4, 0.5) is 0 Å². The summed E-state index contributed by atoms with van der Waals surface area (Å²) in [7, 11) is 0. The Balaban J connectivity index is 1.14. The lowest BCUT2D eigenvalue weighted by molar-refractivity contribution is -0.277. The molecule has 5 heterocycles. The van der Waals surface area contributed by atoms with E-state index in [1.165, 1.54) is 42.5 Å². The molecule has 0 spiro atoms. The standard InChI is InChI=1S/C48H48O25/c49-13-30-36(57)39(60)42(63)46(71-30)66-18-4-1-16(2-5-18)27-12-25(56)35-23(54)10-22(53)33(45(35)69-27)20-7-17(3-6-26(20)70-48-44(65)41(62)38(59)32(15-51)73-48)28-11-24(55)34-21(52)8-19(9-29(34)68-28)67-47-43(64)40(61)37(58)31(14-50)72-47/h1-12,30-32,36-44,46-54,57-65H,13-15H2. The van der Waals surface area contributed by atoms with Gasteiger partial charge in [0.05, 0.1) is 25.4 Å². The second-order valence-electron chi connectivity index (χ2n) is 17.4. The predicted octanol–water partition coefficient (Wildman–Crippen LogP) is -2.45. The number of hydrogen-bond donors (Lipinski definition) is 15. The molecule has 2 aromatic heterocycles. The molecular formula is C48H48O25. The van der Waals surface area contributed by atoms with Gasteiger partial charge in [-0.05, 0) is 42.5 Å². The van der Waals surface area contributed by atoms with Crippen molar-refractivity contribution in [2.45, 2.75) is 92.1 Å². The van der Waals surface area contributed by atoms with Crippen molar-refractivity contribution in [2.24, 2.45) is 0 Å². The number of rotatable bonds is 12. The first kappa shape index (κ1) is 51.4. The molecule has 73 heavy (non-hydrogen) atoms. The predicted molar refractivity (Wildman–Crippen MR) is 243 cm³/mol. The zero-order valence-corrected chi connectivity index (χ0v) is 37.5. The molecule has 15 unspecified atom stereocenters. The quantitative estimate of drug-likeness (QED) is 0.0605. The maximum atomic E-state index is 13.9. The number of ether oxygens (including phenoxy) is 6. The number of phenolic OH excluding ortho intramolecular Hbond substituents is 3. The maximum Gasteiger partial charge on any atom is 0.229 e. The van der Waals surface area contributed by atoms with Gasteiger partial charge in [0.15, 0.2) is 16.4 Å². The van der Waals surface area contributed by atoms with Crippen molar-refractivity contribution in [3.63, 3.8) is 0 Å². The molecule has 0 aliphatic carbocycles. The van der Waals surface area contributed by atoms with Crippen LogP contribution < -0.4 is 25.1 Å². The van der Waals surface area contributed by atoms with Crippen molar-refractivity contribution in [1.29, 1.82) is 0 Å². The Hall–Kier alpha value is -6.50. The third-order valence-corrected chi connectivity index (χ3v) is 12.7. The highest BCUT2D eigenvalue weighted by Gasteiger charge is 2.47. The Morgan fingerprint density at radius 2 is 0.904 bits per heavy atom. The van der Waals surface area contributed by atoms with E-state index in [-0.39, 0.29) is 62.0 Å². The second kappa shape index (κ2) is 20.4. The number of benzene rings is 4. The van der Waals surface area contributed by atoms with Crippen LogP contribution >= 0.6 is 0 Å². The zero-order valence-electron chi connectivity index (χ0n) is 37.5. The summed E-state index contributed by atoms with van der Waals surface area (Å²) in [5.41, 5.74) is -2.85. The fraction of sp³-hybridized carbons (Fsp3) is 0.375. The highest BCUT2D eigenvalue weighted by atomic mass is 16.7. The lowest BCUT2D eigenvalue weighted by atomic mass is 9.96. The Bertz CT molecular complexity index is 3100. The zero-order chi connectivity index (χ0) is 52.3. The first-order chi connectivity index (χ1) is 34.8. The van der Waals surface area contributed by atoms with Gasteiger partial charge in [-0.15, -0.1) is 0 Å². The lowest BCUT2D eigenvalue weighted by Gasteiger charge is -2.39. The number of aliphatic hydroxyl groups is 12. The van der Waals surface area contributed by atoms with Crippen molar-refractivity contribution < 1.29 is 114 Å². The number of hydrogen-bond acceptors (Lipinski definition) is 25. The molecule has 0 amide bonds. The van der Waals surface area contributed by atoms with Gasteiger partial charge in [-0.25, -0.2) is 0 Å². The average molecular weight is 1020 g/mol. The van der Waals surface area contributed by atoms with Crippen LogP contribution in [-0.4, -0.2) is 189 Å². The summed E-state index contributed by atoms with van der Waals surface area (Å²) in [6.45, 7) is -2.31. The molecule has 3 aliphatic rings. The summed E-state index contributed by atoms with van der Waals surface area (Å²) in [4.78, 5) is 27.6. The minimum atomic E-state index is -1.96. The van der Waals surface area contributed by atoms with E-state index in [9.17, 15) is 86.2 Å². The topological polar surface area (TPSA) is 419 Å². The van der Waals surface area contributed by atoms with Crippen LogP contribution in [-0.2, 0) is 14.2 Å². The van der Waals surface area contributed by atoms with Crippen molar-refractivity contribution in [3.8, 4) is 68.3 Å². The number of phenols is 3. The van der Waals surface area contributed by atoms with Gasteiger partial charge in [0.1, 0.15) is 136 Å². The van der Waals surface area contributed by atoms with Gasteiger partial charge in [-0.2, -0.15) is 0 Å². The van der Waals surface area contributed by atoms with Crippen molar-refractivity contribution in [3.05, 3.63) is 93.2 Å². The van der Waals surface area contributed by atoms with E-state index in [1.807, 2.05) is 0 Å². The van der Waals surface area contributed by atoms with Crippen LogP contribution in [0.5, 0.6) is 34.5 Å². The van der Waals surface area contributed by atoms with Crippen molar-refractivity contribution in [2.75, 3.05) is 19.8 Å². The molecule has 390 valence electrons. The van der Waals surface area contributed by atoms with E-state index in [2.05, 4.69) is 0 Å². The van der Waals surface area contributed by atoms with Gasteiger partial charge in [-0.3, -0.25) is 9.59 Å². The van der Waals surface area contributed by atoms with Gasteiger partial charge < -0.3 is 114 Å². The molecule has 25 heteroatoms. The Morgan fingerprint density at radius 1 is 0.438 bits per heavy atom. The molecule has 0 radical (unpaired) electrons. The highest BCUT2D eigenvalue weighted by Crippen LogP contribution is 2.47. The van der Waals surface area contributed by atoms with Gasteiger partial charge >= 0.3 is 0 Å². The Labute approximate surface area is 408 Å². The molecule has 3 fully saturated rings. The van der Waals surface area contributed by atoms with Crippen LogP contribution in [0.1, 0.15) is 0 Å². The van der Waals surface area contributed by atoms with Crippen LogP contribution in [0, 0.1) is 0 Å². The fourth-order valence-corrected chi connectivity index (χ4v) is 8.73. The molecule has 15 N–H and O–H groups in total. The normalized spacial score (nSPS) is 30.6. The second-order valence-corrected chi connectivity index (χ2v) is 17.4. The molecule has 0 saturated carbocycles. The Morgan fingerprint density at radius 3 is 1.44 bits per heavy atom. The molecule has 3 saturated heterocycles. The molecule has 9 rings (SSSR count). The van der Waals surface area contributed by atoms with Gasteiger partial charge in [-0.1, -0.05) is 0 Å². The van der Waals surface area contributed by atoms with Crippen LogP contribution in [0.15, 0.2) is 91.2 Å². The minimum Gasteiger partial charge on any atom is -0.507 e.